The standard InChI is InChI=1S/C51H32N2S/c1-3-18-36(19-4-1)51(37-20-5-2-6-21-37)44-28-14-13-26-42(44)47-43(27-15-29-45(47)51)49-52-50(54-53-49)48-40-24-11-9-22-38(40)46(39-23-10-12-25-41(39)48)35-31-30-33-16-7-8-17-34(33)32-35/h1-32H. The van der Waals surface area contributed by atoms with Gasteiger partial charge in [0.05, 0.1) is 5.41 Å². The highest BCUT2D eigenvalue weighted by Gasteiger charge is 2.47. The quantitative estimate of drug-likeness (QED) is 0.167. The molecule has 3 heteroatoms. The van der Waals surface area contributed by atoms with Gasteiger partial charge in [-0.3, -0.25) is 0 Å². The zero-order valence-electron chi connectivity index (χ0n) is 29.3. The van der Waals surface area contributed by atoms with Gasteiger partial charge in [-0.05, 0) is 94.4 Å². The minimum atomic E-state index is -0.478. The van der Waals surface area contributed by atoms with Crippen molar-refractivity contribution in [2.24, 2.45) is 0 Å². The van der Waals surface area contributed by atoms with Crippen LogP contribution in [0.2, 0.25) is 0 Å². The van der Waals surface area contributed by atoms with Crippen molar-refractivity contribution in [3.63, 3.8) is 0 Å². The van der Waals surface area contributed by atoms with Crippen molar-refractivity contribution in [1.82, 2.24) is 9.36 Å². The summed E-state index contributed by atoms with van der Waals surface area (Å²) in [7, 11) is 0. The number of fused-ring (bicyclic) bond motifs is 6. The second kappa shape index (κ2) is 12.2. The predicted octanol–water partition coefficient (Wildman–Crippen LogP) is 13.4. The maximum absolute atomic E-state index is 5.45. The molecular weight excluding hydrogens is 673 g/mol. The van der Waals surface area contributed by atoms with Crippen LogP contribution < -0.4 is 0 Å². The van der Waals surface area contributed by atoms with Crippen LogP contribution in [0.5, 0.6) is 0 Å². The predicted molar refractivity (Wildman–Crippen MR) is 226 cm³/mol. The fourth-order valence-corrected chi connectivity index (χ4v) is 9.88. The Balaban J connectivity index is 1.14. The molecule has 0 unspecified atom stereocenters. The molecule has 1 aromatic heterocycles. The summed E-state index contributed by atoms with van der Waals surface area (Å²) in [5, 5.41) is 8.18. The maximum Gasteiger partial charge on any atom is 0.174 e. The van der Waals surface area contributed by atoms with E-state index < -0.39 is 5.41 Å². The molecule has 0 bridgehead atoms. The number of rotatable bonds is 5. The number of hydrogen-bond donors (Lipinski definition) is 0. The van der Waals surface area contributed by atoms with Gasteiger partial charge in [-0.1, -0.05) is 188 Å². The topological polar surface area (TPSA) is 25.8 Å². The van der Waals surface area contributed by atoms with Crippen LogP contribution in [0.4, 0.5) is 0 Å². The Labute approximate surface area is 317 Å². The van der Waals surface area contributed by atoms with Gasteiger partial charge >= 0.3 is 0 Å². The number of benzene rings is 9. The SMILES string of the molecule is c1ccc(C2(c3ccccc3)c3ccccc3-c3c(-c4nsc(-c5c6ccccc6c(-c6ccc7ccccc7c6)c6ccccc56)n4)cccc32)cc1. The Morgan fingerprint density at radius 2 is 0.926 bits per heavy atom. The highest BCUT2D eigenvalue weighted by molar-refractivity contribution is 7.09. The molecule has 2 nitrogen and oxygen atoms in total. The molecule has 54 heavy (non-hydrogen) atoms. The van der Waals surface area contributed by atoms with Gasteiger partial charge in [0.2, 0.25) is 0 Å². The average molecular weight is 705 g/mol. The summed E-state index contributed by atoms with van der Waals surface area (Å²) in [5.41, 5.74) is 11.6. The van der Waals surface area contributed by atoms with E-state index in [0.717, 1.165) is 22.0 Å². The Hall–Kier alpha value is -6.68. The third kappa shape index (κ3) is 4.46. The highest BCUT2D eigenvalue weighted by Crippen LogP contribution is 2.58. The number of nitrogens with zero attached hydrogens (tertiary/aromatic N) is 2. The highest BCUT2D eigenvalue weighted by atomic mass is 32.1. The summed E-state index contributed by atoms with van der Waals surface area (Å²) in [6.07, 6.45) is 0. The average Bonchev–Trinajstić information content (AvgIpc) is 3.85. The van der Waals surface area contributed by atoms with Crippen LogP contribution >= 0.6 is 11.5 Å². The molecule has 0 aliphatic heterocycles. The van der Waals surface area contributed by atoms with Crippen molar-refractivity contribution in [2.75, 3.05) is 0 Å². The second-order valence-corrected chi connectivity index (χ2v) is 14.8. The second-order valence-electron chi connectivity index (χ2n) is 14.1. The van der Waals surface area contributed by atoms with E-state index in [2.05, 4.69) is 194 Å². The van der Waals surface area contributed by atoms with E-state index in [4.69, 9.17) is 9.36 Å². The van der Waals surface area contributed by atoms with Gasteiger partial charge in [0.25, 0.3) is 0 Å². The molecule has 0 atom stereocenters. The van der Waals surface area contributed by atoms with Gasteiger partial charge in [-0.2, -0.15) is 4.37 Å². The third-order valence-corrected chi connectivity index (χ3v) is 12.1. The van der Waals surface area contributed by atoms with Gasteiger partial charge in [-0.25, -0.2) is 4.98 Å². The first-order valence-electron chi connectivity index (χ1n) is 18.4. The Morgan fingerprint density at radius 1 is 0.389 bits per heavy atom. The Morgan fingerprint density at radius 3 is 1.61 bits per heavy atom. The summed E-state index contributed by atoms with van der Waals surface area (Å²) >= 11 is 1.49. The minimum Gasteiger partial charge on any atom is -0.214 e. The van der Waals surface area contributed by atoms with Crippen LogP contribution in [0.1, 0.15) is 22.3 Å². The smallest absolute Gasteiger partial charge is 0.174 e. The molecule has 0 saturated heterocycles. The van der Waals surface area contributed by atoms with Crippen molar-refractivity contribution in [1.29, 1.82) is 0 Å². The largest absolute Gasteiger partial charge is 0.214 e. The van der Waals surface area contributed by atoms with Crippen molar-refractivity contribution < 1.29 is 0 Å². The maximum atomic E-state index is 5.45. The fraction of sp³-hybridized carbons (Fsp3) is 0.0196. The molecule has 9 aromatic carbocycles. The van der Waals surface area contributed by atoms with Gasteiger partial charge < -0.3 is 0 Å². The van der Waals surface area contributed by atoms with Crippen LogP contribution in [0, 0.1) is 0 Å². The normalized spacial score (nSPS) is 13.0. The first-order chi connectivity index (χ1) is 26.8. The molecule has 0 spiro atoms. The lowest BCUT2D eigenvalue weighted by Crippen LogP contribution is -2.28. The zero-order chi connectivity index (χ0) is 35.6. The molecule has 10 aromatic rings. The monoisotopic (exact) mass is 704 g/mol. The van der Waals surface area contributed by atoms with Crippen molar-refractivity contribution in [3.05, 3.63) is 216 Å². The van der Waals surface area contributed by atoms with Crippen molar-refractivity contribution in [3.8, 4) is 44.2 Å². The summed E-state index contributed by atoms with van der Waals surface area (Å²) in [4.78, 5) is 5.45. The first-order valence-corrected chi connectivity index (χ1v) is 19.2. The molecule has 11 rings (SSSR count). The summed E-state index contributed by atoms with van der Waals surface area (Å²) in [6, 6.07) is 70.4. The molecule has 0 N–H and O–H groups in total. The van der Waals surface area contributed by atoms with Crippen LogP contribution in [0.25, 0.3) is 76.5 Å². The van der Waals surface area contributed by atoms with Gasteiger partial charge in [-0.15, -0.1) is 0 Å². The van der Waals surface area contributed by atoms with Gasteiger partial charge in [0.15, 0.2) is 5.82 Å². The third-order valence-electron chi connectivity index (χ3n) is 11.3. The number of aromatic nitrogens is 2. The van der Waals surface area contributed by atoms with Crippen molar-refractivity contribution >= 4 is 43.8 Å². The van der Waals surface area contributed by atoms with Gasteiger partial charge in [0.1, 0.15) is 5.01 Å². The summed E-state index contributed by atoms with van der Waals surface area (Å²) in [5.74, 6) is 0.755. The van der Waals surface area contributed by atoms with E-state index in [0.29, 0.717) is 0 Å². The van der Waals surface area contributed by atoms with Crippen LogP contribution in [-0.4, -0.2) is 9.36 Å². The van der Waals surface area contributed by atoms with Crippen molar-refractivity contribution in [2.45, 2.75) is 5.41 Å². The molecule has 0 radical (unpaired) electrons. The van der Waals surface area contributed by atoms with E-state index >= 15 is 0 Å². The minimum absolute atomic E-state index is 0.478. The summed E-state index contributed by atoms with van der Waals surface area (Å²) < 4.78 is 5.17. The molecule has 0 fully saturated rings. The first kappa shape index (κ1) is 30.9. The molecule has 0 saturated carbocycles. The molecule has 1 aliphatic carbocycles. The van der Waals surface area contributed by atoms with E-state index in [9.17, 15) is 0 Å². The lowest BCUT2D eigenvalue weighted by atomic mass is 9.67. The number of hydrogen-bond acceptors (Lipinski definition) is 3. The molecule has 1 heterocycles. The van der Waals surface area contributed by atoms with E-state index in [1.165, 1.54) is 88.4 Å². The van der Waals surface area contributed by atoms with E-state index in [1.807, 2.05) is 0 Å². The lowest BCUT2D eigenvalue weighted by molar-refractivity contribution is 0.768. The van der Waals surface area contributed by atoms with E-state index in [-0.39, 0.29) is 0 Å². The molecule has 252 valence electrons. The zero-order valence-corrected chi connectivity index (χ0v) is 30.1. The van der Waals surface area contributed by atoms with Gasteiger partial charge in [0, 0.05) is 11.1 Å². The lowest BCUT2D eigenvalue weighted by Gasteiger charge is -2.33. The Bertz CT molecular complexity index is 2960. The van der Waals surface area contributed by atoms with Crippen LogP contribution in [-0.2, 0) is 5.41 Å². The van der Waals surface area contributed by atoms with Crippen LogP contribution in [0.15, 0.2) is 194 Å². The molecule has 0 amide bonds. The van der Waals surface area contributed by atoms with E-state index in [1.54, 1.807) is 0 Å². The van der Waals surface area contributed by atoms with Crippen LogP contribution in [0.3, 0.4) is 0 Å². The molecular formula is C51H32N2S. The Kier molecular flexibility index (Phi) is 6.98. The summed E-state index contributed by atoms with van der Waals surface area (Å²) in [6.45, 7) is 0. The molecule has 1 aliphatic rings. The fourth-order valence-electron chi connectivity index (χ4n) is 9.13.